The van der Waals surface area contributed by atoms with E-state index < -0.39 is 0 Å². The summed E-state index contributed by atoms with van der Waals surface area (Å²) in [6.45, 7) is 1.15. The minimum Gasteiger partial charge on any atom is -0.370 e. The summed E-state index contributed by atoms with van der Waals surface area (Å²) >= 11 is 0. The van der Waals surface area contributed by atoms with Crippen LogP contribution in [0, 0.1) is 23.7 Å². The lowest BCUT2D eigenvalue weighted by Gasteiger charge is -2.56. The van der Waals surface area contributed by atoms with E-state index in [1.165, 1.54) is 32.1 Å². The number of carbonyl (C=O) groups excluding carboxylic acids is 1. The third-order valence-electron chi connectivity index (χ3n) is 5.51. The van der Waals surface area contributed by atoms with Crippen molar-refractivity contribution in [3.05, 3.63) is 0 Å². The summed E-state index contributed by atoms with van der Waals surface area (Å²) in [5.41, 5.74) is 5.38. The van der Waals surface area contributed by atoms with E-state index in [4.69, 9.17) is 10.5 Å². The molecule has 0 heterocycles. The maximum Gasteiger partial charge on any atom is 0.248 e. The van der Waals surface area contributed by atoms with Crippen LogP contribution in [0.2, 0.25) is 0 Å². The smallest absolute Gasteiger partial charge is 0.248 e. The van der Waals surface area contributed by atoms with Crippen LogP contribution in [0.4, 0.5) is 0 Å². The van der Waals surface area contributed by atoms with Crippen LogP contribution in [-0.2, 0) is 9.53 Å². The standard InChI is InChI=1S/C15H26N2O2/c1-17(14(18)9-19-3-2-16)15-12-5-10-4-11(7-12)8-13(15)6-10/h10-13,15H,2-9,16H2,1H3. The van der Waals surface area contributed by atoms with Crippen molar-refractivity contribution in [3.8, 4) is 0 Å². The van der Waals surface area contributed by atoms with Gasteiger partial charge < -0.3 is 15.4 Å². The summed E-state index contributed by atoms with van der Waals surface area (Å²) in [7, 11) is 1.97. The fraction of sp³-hybridized carbons (Fsp3) is 0.933. The predicted molar refractivity (Wildman–Crippen MR) is 73.5 cm³/mol. The fourth-order valence-corrected chi connectivity index (χ4v) is 5.04. The zero-order chi connectivity index (χ0) is 13.4. The topological polar surface area (TPSA) is 55.6 Å². The highest BCUT2D eigenvalue weighted by Gasteiger charge is 2.50. The van der Waals surface area contributed by atoms with Gasteiger partial charge in [0.15, 0.2) is 0 Å². The highest BCUT2D eigenvalue weighted by molar-refractivity contribution is 5.77. The Hall–Kier alpha value is -0.610. The zero-order valence-corrected chi connectivity index (χ0v) is 11.9. The molecule has 4 bridgehead atoms. The number of hydrogen-bond donors (Lipinski definition) is 1. The van der Waals surface area contributed by atoms with Crippen molar-refractivity contribution in [2.75, 3.05) is 26.8 Å². The molecule has 2 N–H and O–H groups in total. The number of rotatable bonds is 5. The van der Waals surface area contributed by atoms with Crippen LogP contribution in [0.1, 0.15) is 32.1 Å². The van der Waals surface area contributed by atoms with Crippen molar-refractivity contribution in [1.82, 2.24) is 4.90 Å². The average molecular weight is 266 g/mol. The molecule has 4 rings (SSSR count). The first-order valence-corrected chi connectivity index (χ1v) is 7.72. The molecular formula is C15H26N2O2. The minimum absolute atomic E-state index is 0.130. The van der Waals surface area contributed by atoms with Gasteiger partial charge in [-0.1, -0.05) is 0 Å². The molecule has 108 valence electrons. The van der Waals surface area contributed by atoms with Crippen LogP contribution in [0.15, 0.2) is 0 Å². The number of carbonyl (C=O) groups is 1. The summed E-state index contributed by atoms with van der Waals surface area (Å²) in [5, 5.41) is 0. The van der Waals surface area contributed by atoms with Crippen molar-refractivity contribution in [1.29, 1.82) is 0 Å². The molecule has 0 aliphatic heterocycles. The SMILES string of the molecule is CN(C(=O)COCCN)C1C2CC3CC(C2)CC1C3. The van der Waals surface area contributed by atoms with Crippen molar-refractivity contribution >= 4 is 5.91 Å². The first kappa shape index (κ1) is 13.4. The largest absolute Gasteiger partial charge is 0.370 e. The maximum absolute atomic E-state index is 12.2. The Kier molecular flexibility index (Phi) is 3.81. The van der Waals surface area contributed by atoms with Crippen molar-refractivity contribution in [2.24, 2.45) is 29.4 Å². The van der Waals surface area contributed by atoms with Crippen LogP contribution < -0.4 is 5.73 Å². The van der Waals surface area contributed by atoms with Crippen molar-refractivity contribution in [2.45, 2.75) is 38.1 Å². The predicted octanol–water partition coefficient (Wildman–Crippen LogP) is 1.24. The number of ether oxygens (including phenoxy) is 1. The van der Waals surface area contributed by atoms with Gasteiger partial charge in [-0.3, -0.25) is 4.79 Å². The lowest BCUT2D eigenvalue weighted by Crippen LogP contribution is -2.56. The quantitative estimate of drug-likeness (QED) is 0.762. The van der Waals surface area contributed by atoms with Gasteiger partial charge >= 0.3 is 0 Å². The Morgan fingerprint density at radius 1 is 1.16 bits per heavy atom. The van der Waals surface area contributed by atoms with Crippen LogP contribution in [0.5, 0.6) is 0 Å². The zero-order valence-electron chi connectivity index (χ0n) is 11.9. The van der Waals surface area contributed by atoms with E-state index in [1.807, 2.05) is 11.9 Å². The molecule has 4 aliphatic carbocycles. The minimum atomic E-state index is 0.130. The van der Waals surface area contributed by atoms with Gasteiger partial charge in [-0.05, 0) is 55.8 Å². The lowest BCUT2D eigenvalue weighted by atomic mass is 9.54. The Labute approximate surface area is 115 Å². The van der Waals surface area contributed by atoms with E-state index in [1.54, 1.807) is 0 Å². The summed E-state index contributed by atoms with van der Waals surface area (Å²) in [6.07, 6.45) is 6.84. The molecule has 4 heteroatoms. The second kappa shape index (κ2) is 5.41. The first-order chi connectivity index (χ1) is 9.19. The Bertz CT molecular complexity index is 317. The molecule has 4 nitrogen and oxygen atoms in total. The molecule has 0 radical (unpaired) electrons. The van der Waals surface area contributed by atoms with Gasteiger partial charge in [0, 0.05) is 19.6 Å². The van der Waals surface area contributed by atoms with Gasteiger partial charge in [0.25, 0.3) is 0 Å². The molecule has 4 saturated carbocycles. The Balaban J connectivity index is 1.60. The van der Waals surface area contributed by atoms with E-state index in [0.717, 1.165) is 23.7 Å². The van der Waals surface area contributed by atoms with Crippen molar-refractivity contribution < 1.29 is 9.53 Å². The van der Waals surface area contributed by atoms with Crippen LogP contribution in [0.3, 0.4) is 0 Å². The molecule has 1 amide bonds. The maximum atomic E-state index is 12.2. The number of hydrogen-bond acceptors (Lipinski definition) is 3. The average Bonchev–Trinajstić information content (AvgIpc) is 2.37. The molecule has 4 aliphatic rings. The molecule has 19 heavy (non-hydrogen) atoms. The Morgan fingerprint density at radius 3 is 2.26 bits per heavy atom. The second-order valence-corrected chi connectivity index (χ2v) is 6.77. The molecule has 0 unspecified atom stereocenters. The highest BCUT2D eigenvalue weighted by atomic mass is 16.5. The second-order valence-electron chi connectivity index (χ2n) is 6.77. The first-order valence-electron chi connectivity index (χ1n) is 7.72. The Morgan fingerprint density at radius 2 is 1.74 bits per heavy atom. The third-order valence-corrected chi connectivity index (χ3v) is 5.51. The number of nitrogens with two attached hydrogens (primary N) is 1. The van der Waals surface area contributed by atoms with E-state index >= 15 is 0 Å². The van der Waals surface area contributed by atoms with Gasteiger partial charge in [-0.25, -0.2) is 0 Å². The number of likely N-dealkylation sites (N-methyl/N-ethyl adjacent to an activating group) is 1. The summed E-state index contributed by atoms with van der Waals surface area (Å²) in [5.74, 6) is 3.54. The van der Waals surface area contributed by atoms with E-state index in [-0.39, 0.29) is 12.5 Å². The van der Waals surface area contributed by atoms with Crippen LogP contribution >= 0.6 is 0 Å². The monoisotopic (exact) mass is 266 g/mol. The van der Waals surface area contributed by atoms with Crippen LogP contribution in [-0.4, -0.2) is 43.7 Å². The van der Waals surface area contributed by atoms with Crippen LogP contribution in [0.25, 0.3) is 0 Å². The summed E-state index contributed by atoms with van der Waals surface area (Å²) in [4.78, 5) is 14.2. The molecule has 0 aromatic heterocycles. The lowest BCUT2D eigenvalue weighted by molar-refractivity contribution is -0.145. The van der Waals surface area contributed by atoms with E-state index in [9.17, 15) is 4.79 Å². The van der Waals surface area contributed by atoms with Gasteiger partial charge in [0.2, 0.25) is 5.91 Å². The molecule has 0 saturated heterocycles. The normalized spacial score (nSPS) is 39.6. The molecule has 0 spiro atoms. The van der Waals surface area contributed by atoms with Gasteiger partial charge in [0.05, 0.1) is 6.61 Å². The molecule has 0 aromatic carbocycles. The highest BCUT2D eigenvalue weighted by Crippen LogP contribution is 2.54. The number of nitrogens with zero attached hydrogens (tertiary/aromatic N) is 1. The molecule has 4 fully saturated rings. The molecule has 0 atom stereocenters. The molecular weight excluding hydrogens is 240 g/mol. The third kappa shape index (κ3) is 2.52. The number of amides is 1. The molecule has 0 aromatic rings. The van der Waals surface area contributed by atoms with Crippen molar-refractivity contribution in [3.63, 3.8) is 0 Å². The fourth-order valence-electron chi connectivity index (χ4n) is 5.04. The van der Waals surface area contributed by atoms with Gasteiger partial charge in [0.1, 0.15) is 6.61 Å². The van der Waals surface area contributed by atoms with Gasteiger partial charge in [-0.15, -0.1) is 0 Å². The van der Waals surface area contributed by atoms with E-state index in [0.29, 0.717) is 19.2 Å². The summed E-state index contributed by atoms with van der Waals surface area (Å²) < 4.78 is 5.29. The van der Waals surface area contributed by atoms with Gasteiger partial charge in [-0.2, -0.15) is 0 Å². The summed E-state index contributed by atoms with van der Waals surface area (Å²) in [6, 6.07) is 0.474. The van der Waals surface area contributed by atoms with E-state index in [2.05, 4.69) is 0 Å².